The van der Waals surface area contributed by atoms with Gasteiger partial charge in [-0.1, -0.05) is 6.08 Å². The maximum Gasteiger partial charge on any atom is 0.0798 e. The average Bonchev–Trinajstić information content (AvgIpc) is 2.41. The minimum atomic E-state index is 0.209. The van der Waals surface area contributed by atoms with Gasteiger partial charge in [0.2, 0.25) is 0 Å². The molecule has 0 aromatic carbocycles. The van der Waals surface area contributed by atoms with Crippen LogP contribution in [-0.4, -0.2) is 16.7 Å². The van der Waals surface area contributed by atoms with Crippen molar-refractivity contribution in [3.8, 4) is 0 Å². The first kappa shape index (κ1) is 7.44. The quantitative estimate of drug-likeness (QED) is 0.718. The van der Waals surface area contributed by atoms with Crippen LogP contribution < -0.4 is 0 Å². The van der Waals surface area contributed by atoms with E-state index in [2.05, 4.69) is 4.98 Å². The topological polar surface area (TPSA) is 33.1 Å². The van der Waals surface area contributed by atoms with Gasteiger partial charge in [0.15, 0.2) is 0 Å². The smallest absolute Gasteiger partial charge is 0.0798 e. The van der Waals surface area contributed by atoms with Gasteiger partial charge in [-0.15, -0.1) is 11.3 Å². The van der Waals surface area contributed by atoms with Crippen LogP contribution in [0.4, 0.5) is 0 Å². The summed E-state index contributed by atoms with van der Waals surface area (Å²) in [4.78, 5) is 4.04. The molecule has 1 heterocycles. The third kappa shape index (κ3) is 2.29. The standard InChI is InChI=1S/C7H9NOS/c9-4-2-1-3-7-5-10-6-8-7/h1,3,5-6,9H,2,4H2/b3-1+. The molecule has 54 valence electrons. The summed E-state index contributed by atoms with van der Waals surface area (Å²) in [5, 5.41) is 10.4. The predicted octanol–water partition coefficient (Wildman–Crippen LogP) is 1.54. The highest BCUT2D eigenvalue weighted by molar-refractivity contribution is 7.07. The molecular formula is C7H9NOS. The lowest BCUT2D eigenvalue weighted by Gasteiger charge is -1.82. The minimum absolute atomic E-state index is 0.209. The maximum atomic E-state index is 8.43. The van der Waals surface area contributed by atoms with Crippen molar-refractivity contribution in [2.75, 3.05) is 6.61 Å². The summed E-state index contributed by atoms with van der Waals surface area (Å²) < 4.78 is 0. The first-order valence-electron chi connectivity index (χ1n) is 3.09. The minimum Gasteiger partial charge on any atom is -0.396 e. The third-order valence-corrected chi connectivity index (χ3v) is 1.64. The highest BCUT2D eigenvalue weighted by Crippen LogP contribution is 2.02. The number of thiazole rings is 1. The summed E-state index contributed by atoms with van der Waals surface area (Å²) in [6, 6.07) is 0. The summed E-state index contributed by atoms with van der Waals surface area (Å²) in [7, 11) is 0. The Bertz CT molecular complexity index is 193. The van der Waals surface area contributed by atoms with Crippen LogP contribution in [0, 0.1) is 0 Å². The van der Waals surface area contributed by atoms with Crippen molar-refractivity contribution in [2.45, 2.75) is 6.42 Å². The number of aliphatic hydroxyl groups is 1. The van der Waals surface area contributed by atoms with Gasteiger partial charge < -0.3 is 5.11 Å². The zero-order valence-electron chi connectivity index (χ0n) is 5.53. The van der Waals surface area contributed by atoms with Crippen molar-refractivity contribution in [1.29, 1.82) is 0 Å². The van der Waals surface area contributed by atoms with E-state index in [1.165, 1.54) is 0 Å². The molecule has 0 fully saturated rings. The molecule has 0 aliphatic rings. The van der Waals surface area contributed by atoms with E-state index in [0.717, 1.165) is 5.69 Å². The second-order valence-corrected chi connectivity index (χ2v) is 2.55. The van der Waals surface area contributed by atoms with Crippen LogP contribution in [0.15, 0.2) is 17.0 Å². The van der Waals surface area contributed by atoms with Gasteiger partial charge in [-0.25, -0.2) is 4.98 Å². The normalized spacial score (nSPS) is 10.9. The van der Waals surface area contributed by atoms with Gasteiger partial charge in [0.25, 0.3) is 0 Å². The summed E-state index contributed by atoms with van der Waals surface area (Å²) in [5.74, 6) is 0. The van der Waals surface area contributed by atoms with Crippen molar-refractivity contribution < 1.29 is 5.11 Å². The fraction of sp³-hybridized carbons (Fsp3) is 0.286. The van der Waals surface area contributed by atoms with Crippen molar-refractivity contribution in [1.82, 2.24) is 4.98 Å². The van der Waals surface area contributed by atoms with Crippen molar-refractivity contribution in [3.05, 3.63) is 22.7 Å². The van der Waals surface area contributed by atoms with Crippen LogP contribution >= 0.6 is 11.3 Å². The molecule has 0 saturated heterocycles. The zero-order chi connectivity index (χ0) is 7.23. The molecule has 0 aliphatic carbocycles. The molecule has 1 rings (SSSR count). The number of aromatic nitrogens is 1. The molecule has 0 bridgehead atoms. The Morgan fingerprint density at radius 1 is 1.70 bits per heavy atom. The van der Waals surface area contributed by atoms with Crippen LogP contribution in [0.5, 0.6) is 0 Å². The van der Waals surface area contributed by atoms with Crippen LogP contribution in [0.1, 0.15) is 12.1 Å². The molecule has 0 radical (unpaired) electrons. The fourth-order valence-corrected chi connectivity index (χ4v) is 1.11. The monoisotopic (exact) mass is 155 g/mol. The highest BCUT2D eigenvalue weighted by atomic mass is 32.1. The number of hydrogen-bond donors (Lipinski definition) is 1. The Labute approximate surface area is 63.9 Å². The Balaban J connectivity index is 2.40. The molecule has 3 heteroatoms. The van der Waals surface area contributed by atoms with Gasteiger partial charge in [0, 0.05) is 12.0 Å². The van der Waals surface area contributed by atoms with Gasteiger partial charge in [-0.2, -0.15) is 0 Å². The molecule has 1 aromatic rings. The van der Waals surface area contributed by atoms with Gasteiger partial charge in [0.05, 0.1) is 11.2 Å². The van der Waals surface area contributed by atoms with E-state index in [1.807, 2.05) is 17.5 Å². The van der Waals surface area contributed by atoms with Crippen molar-refractivity contribution in [3.63, 3.8) is 0 Å². The van der Waals surface area contributed by atoms with E-state index in [9.17, 15) is 0 Å². The Morgan fingerprint density at radius 2 is 2.60 bits per heavy atom. The van der Waals surface area contributed by atoms with Crippen molar-refractivity contribution >= 4 is 17.4 Å². The lowest BCUT2D eigenvalue weighted by Crippen LogP contribution is -1.75. The first-order valence-corrected chi connectivity index (χ1v) is 4.03. The first-order chi connectivity index (χ1) is 4.93. The third-order valence-electron chi connectivity index (χ3n) is 1.04. The van der Waals surface area contributed by atoms with Gasteiger partial charge in [-0.05, 0) is 12.5 Å². The maximum absolute atomic E-state index is 8.43. The van der Waals surface area contributed by atoms with E-state index >= 15 is 0 Å². The van der Waals surface area contributed by atoms with Crippen LogP contribution in [-0.2, 0) is 0 Å². The van der Waals surface area contributed by atoms with Crippen molar-refractivity contribution in [2.24, 2.45) is 0 Å². The molecule has 0 amide bonds. The molecule has 1 aromatic heterocycles. The van der Waals surface area contributed by atoms with Crippen LogP contribution in [0.2, 0.25) is 0 Å². The average molecular weight is 155 g/mol. The van der Waals surface area contributed by atoms with E-state index in [1.54, 1.807) is 16.8 Å². The largest absolute Gasteiger partial charge is 0.396 e. The Morgan fingerprint density at radius 3 is 3.20 bits per heavy atom. The molecule has 0 unspecified atom stereocenters. The van der Waals surface area contributed by atoms with E-state index in [0.29, 0.717) is 6.42 Å². The molecule has 0 atom stereocenters. The van der Waals surface area contributed by atoms with Crippen LogP contribution in [0.25, 0.3) is 6.08 Å². The Kier molecular flexibility index (Phi) is 3.12. The second-order valence-electron chi connectivity index (χ2n) is 1.83. The number of aliphatic hydroxyl groups excluding tert-OH is 1. The number of hydrogen-bond acceptors (Lipinski definition) is 3. The zero-order valence-corrected chi connectivity index (χ0v) is 6.34. The van der Waals surface area contributed by atoms with E-state index in [4.69, 9.17) is 5.11 Å². The number of nitrogens with zero attached hydrogens (tertiary/aromatic N) is 1. The lowest BCUT2D eigenvalue weighted by atomic mass is 10.3. The molecule has 10 heavy (non-hydrogen) atoms. The molecule has 2 nitrogen and oxygen atoms in total. The van der Waals surface area contributed by atoms with Gasteiger partial charge in [-0.3, -0.25) is 0 Å². The molecule has 1 N–H and O–H groups in total. The van der Waals surface area contributed by atoms with Gasteiger partial charge in [0.1, 0.15) is 0 Å². The molecule has 0 spiro atoms. The molecule has 0 aliphatic heterocycles. The summed E-state index contributed by atoms with van der Waals surface area (Å²) in [5.41, 5.74) is 2.76. The summed E-state index contributed by atoms with van der Waals surface area (Å²) >= 11 is 1.57. The predicted molar refractivity (Wildman–Crippen MR) is 42.9 cm³/mol. The summed E-state index contributed by atoms with van der Waals surface area (Å²) in [6.07, 6.45) is 4.53. The molecule has 0 saturated carbocycles. The SMILES string of the molecule is OCC/C=C/c1cscn1. The highest BCUT2D eigenvalue weighted by Gasteiger charge is 1.84. The lowest BCUT2D eigenvalue weighted by molar-refractivity contribution is 0.303. The second kappa shape index (κ2) is 4.19. The fourth-order valence-electron chi connectivity index (χ4n) is 0.583. The van der Waals surface area contributed by atoms with Gasteiger partial charge >= 0.3 is 0 Å². The number of rotatable bonds is 3. The Hall–Kier alpha value is -0.670. The van der Waals surface area contributed by atoms with E-state index < -0.39 is 0 Å². The summed E-state index contributed by atoms with van der Waals surface area (Å²) in [6.45, 7) is 0.209. The molecular weight excluding hydrogens is 146 g/mol. The van der Waals surface area contributed by atoms with E-state index in [-0.39, 0.29) is 6.61 Å². The van der Waals surface area contributed by atoms with Crippen LogP contribution in [0.3, 0.4) is 0 Å².